The van der Waals surface area contributed by atoms with Crippen molar-refractivity contribution in [1.29, 1.82) is 0 Å². The molecular formula is C15H12N4O. The van der Waals surface area contributed by atoms with E-state index in [0.29, 0.717) is 17.8 Å². The third-order valence-corrected chi connectivity index (χ3v) is 3.41. The normalized spacial score (nSPS) is 11.2. The molecule has 0 aliphatic heterocycles. The molecule has 2 aromatic rings. The second-order valence-electron chi connectivity index (χ2n) is 4.69. The van der Waals surface area contributed by atoms with Crippen LogP contribution in [0.2, 0.25) is 0 Å². The maximum atomic E-state index is 11.2. The van der Waals surface area contributed by atoms with Gasteiger partial charge < -0.3 is 5.32 Å². The highest BCUT2D eigenvalue weighted by Crippen LogP contribution is 2.44. The lowest BCUT2D eigenvalue weighted by molar-refractivity contribution is -0.114. The van der Waals surface area contributed by atoms with E-state index < -0.39 is 0 Å². The van der Waals surface area contributed by atoms with Crippen LogP contribution in [-0.4, -0.2) is 5.91 Å². The van der Waals surface area contributed by atoms with Crippen LogP contribution in [0.15, 0.2) is 41.5 Å². The van der Waals surface area contributed by atoms with E-state index in [9.17, 15) is 4.79 Å². The van der Waals surface area contributed by atoms with Gasteiger partial charge in [-0.1, -0.05) is 35.4 Å². The van der Waals surface area contributed by atoms with E-state index >= 15 is 0 Å². The maximum Gasteiger partial charge on any atom is 0.221 e. The molecule has 0 fully saturated rings. The monoisotopic (exact) mass is 264 g/mol. The van der Waals surface area contributed by atoms with Gasteiger partial charge in [0.2, 0.25) is 5.91 Å². The standard InChI is InChI=1S/C15H12N4O/c1-9(20)17-14-7-6-12-11-5-3-2-4-10(11)8-13(12)15(14)18-19-16/h2-7H,8H2,1H3,(H,17,20). The van der Waals surface area contributed by atoms with E-state index in [2.05, 4.69) is 27.5 Å². The molecular weight excluding hydrogens is 252 g/mol. The van der Waals surface area contributed by atoms with E-state index in [0.717, 1.165) is 16.7 Å². The van der Waals surface area contributed by atoms with Crippen molar-refractivity contribution >= 4 is 17.3 Å². The molecule has 0 heterocycles. The Morgan fingerprint density at radius 2 is 2.05 bits per heavy atom. The van der Waals surface area contributed by atoms with Gasteiger partial charge >= 0.3 is 0 Å². The molecule has 0 spiro atoms. The quantitative estimate of drug-likeness (QED) is 0.421. The molecule has 2 aromatic carbocycles. The molecule has 0 radical (unpaired) electrons. The third-order valence-electron chi connectivity index (χ3n) is 3.41. The van der Waals surface area contributed by atoms with Gasteiger partial charge in [0.25, 0.3) is 0 Å². The average Bonchev–Trinajstić information content (AvgIpc) is 2.80. The number of carbonyl (C=O) groups excluding carboxylic acids is 1. The highest BCUT2D eigenvalue weighted by molar-refractivity contribution is 5.95. The first-order valence-corrected chi connectivity index (χ1v) is 6.27. The Kier molecular flexibility index (Phi) is 2.89. The molecule has 1 aliphatic rings. The summed E-state index contributed by atoms with van der Waals surface area (Å²) in [6.07, 6.45) is 0.716. The number of nitrogens with zero attached hydrogens (tertiary/aromatic N) is 3. The summed E-state index contributed by atoms with van der Waals surface area (Å²) in [5, 5.41) is 6.49. The van der Waals surface area contributed by atoms with Crippen molar-refractivity contribution in [2.45, 2.75) is 13.3 Å². The largest absolute Gasteiger partial charge is 0.326 e. The van der Waals surface area contributed by atoms with Crippen LogP contribution in [0.25, 0.3) is 21.6 Å². The minimum absolute atomic E-state index is 0.185. The van der Waals surface area contributed by atoms with E-state index in [-0.39, 0.29) is 5.91 Å². The summed E-state index contributed by atoms with van der Waals surface area (Å²) in [5.74, 6) is -0.185. The van der Waals surface area contributed by atoms with E-state index in [1.807, 2.05) is 18.2 Å². The van der Waals surface area contributed by atoms with E-state index in [1.54, 1.807) is 6.07 Å². The molecule has 1 amide bonds. The number of nitrogens with one attached hydrogen (secondary N) is 1. The predicted octanol–water partition coefficient (Wildman–Crippen LogP) is 4.16. The summed E-state index contributed by atoms with van der Waals surface area (Å²) in [6, 6.07) is 11.8. The smallest absolute Gasteiger partial charge is 0.221 e. The second kappa shape index (κ2) is 4.72. The molecule has 0 unspecified atom stereocenters. The fraction of sp³-hybridized carbons (Fsp3) is 0.133. The van der Waals surface area contributed by atoms with Crippen molar-refractivity contribution in [2.75, 3.05) is 5.32 Å². The van der Waals surface area contributed by atoms with Crippen molar-refractivity contribution < 1.29 is 4.79 Å². The lowest BCUT2D eigenvalue weighted by Crippen LogP contribution is -2.06. The third kappa shape index (κ3) is 1.90. The lowest BCUT2D eigenvalue weighted by Gasteiger charge is -2.10. The van der Waals surface area contributed by atoms with Gasteiger partial charge in [-0.15, -0.1) is 0 Å². The Morgan fingerprint density at radius 1 is 1.25 bits per heavy atom. The molecule has 5 heteroatoms. The van der Waals surface area contributed by atoms with E-state index in [4.69, 9.17) is 5.53 Å². The summed E-state index contributed by atoms with van der Waals surface area (Å²) in [6.45, 7) is 1.43. The molecule has 5 nitrogen and oxygen atoms in total. The van der Waals surface area contributed by atoms with Crippen molar-refractivity contribution in [1.82, 2.24) is 0 Å². The molecule has 1 N–H and O–H groups in total. The zero-order valence-corrected chi connectivity index (χ0v) is 10.9. The number of rotatable bonds is 2. The Morgan fingerprint density at radius 3 is 2.80 bits per heavy atom. The van der Waals surface area contributed by atoms with Crippen LogP contribution < -0.4 is 5.32 Å². The fourth-order valence-electron chi connectivity index (χ4n) is 2.64. The molecule has 0 atom stereocenters. The van der Waals surface area contributed by atoms with Crippen LogP contribution in [0.5, 0.6) is 0 Å². The van der Waals surface area contributed by atoms with E-state index in [1.165, 1.54) is 12.5 Å². The first-order valence-electron chi connectivity index (χ1n) is 6.27. The van der Waals surface area contributed by atoms with Gasteiger partial charge in [-0.25, -0.2) is 0 Å². The molecule has 0 saturated heterocycles. The fourth-order valence-corrected chi connectivity index (χ4v) is 2.64. The topological polar surface area (TPSA) is 77.9 Å². The van der Waals surface area contributed by atoms with Gasteiger partial charge in [0, 0.05) is 11.8 Å². The Balaban J connectivity index is 2.20. The van der Waals surface area contributed by atoms with Crippen molar-refractivity contribution in [3.05, 3.63) is 58.0 Å². The van der Waals surface area contributed by atoms with Crippen molar-refractivity contribution in [2.24, 2.45) is 5.11 Å². The number of hydrogen-bond donors (Lipinski definition) is 1. The number of carbonyl (C=O) groups is 1. The summed E-state index contributed by atoms with van der Waals surface area (Å²) in [7, 11) is 0. The predicted molar refractivity (Wildman–Crippen MR) is 77.8 cm³/mol. The van der Waals surface area contributed by atoms with Gasteiger partial charge in [-0.2, -0.15) is 0 Å². The number of fused-ring (bicyclic) bond motifs is 3. The highest BCUT2D eigenvalue weighted by atomic mass is 16.1. The summed E-state index contributed by atoms with van der Waals surface area (Å²) in [4.78, 5) is 14.1. The Hall–Kier alpha value is -2.78. The van der Waals surface area contributed by atoms with Gasteiger partial charge in [0.1, 0.15) is 0 Å². The maximum absolute atomic E-state index is 11.2. The number of anilines is 1. The average molecular weight is 264 g/mol. The zero-order chi connectivity index (χ0) is 14.1. The molecule has 98 valence electrons. The van der Waals surface area contributed by atoms with Crippen LogP contribution in [0, 0.1) is 0 Å². The lowest BCUT2D eigenvalue weighted by atomic mass is 10.0. The van der Waals surface area contributed by atoms with Gasteiger partial charge in [-0.3, -0.25) is 4.79 Å². The van der Waals surface area contributed by atoms with Crippen molar-refractivity contribution in [3.8, 4) is 11.1 Å². The first-order chi connectivity index (χ1) is 9.70. The molecule has 0 bridgehead atoms. The molecule has 20 heavy (non-hydrogen) atoms. The number of amides is 1. The first kappa shape index (κ1) is 12.3. The SMILES string of the molecule is CC(=O)Nc1ccc2c(c1N=[N+]=[N-])Cc1ccccc1-2. The summed E-state index contributed by atoms with van der Waals surface area (Å²) >= 11 is 0. The minimum Gasteiger partial charge on any atom is -0.326 e. The van der Waals surface area contributed by atoms with Crippen LogP contribution in [0.3, 0.4) is 0 Å². The van der Waals surface area contributed by atoms with Crippen LogP contribution >= 0.6 is 0 Å². The van der Waals surface area contributed by atoms with Crippen molar-refractivity contribution in [3.63, 3.8) is 0 Å². The second-order valence-corrected chi connectivity index (χ2v) is 4.69. The Labute approximate surface area is 115 Å². The molecule has 1 aliphatic carbocycles. The van der Waals surface area contributed by atoms with Gasteiger partial charge in [0.05, 0.1) is 11.4 Å². The summed E-state index contributed by atoms with van der Waals surface area (Å²) < 4.78 is 0. The Bertz CT molecular complexity index is 760. The van der Waals surface area contributed by atoms with Crippen LogP contribution in [0.4, 0.5) is 11.4 Å². The highest BCUT2D eigenvalue weighted by Gasteiger charge is 2.22. The summed E-state index contributed by atoms with van der Waals surface area (Å²) in [5.41, 5.74) is 14.2. The molecule has 3 rings (SSSR count). The number of benzene rings is 2. The number of azide groups is 1. The van der Waals surface area contributed by atoms with Gasteiger partial charge in [-0.05, 0) is 40.3 Å². The molecule has 0 aromatic heterocycles. The molecule has 0 saturated carbocycles. The van der Waals surface area contributed by atoms with Crippen LogP contribution in [-0.2, 0) is 11.2 Å². The van der Waals surface area contributed by atoms with Crippen LogP contribution in [0.1, 0.15) is 18.1 Å². The zero-order valence-electron chi connectivity index (χ0n) is 10.9. The number of hydrogen-bond acceptors (Lipinski definition) is 2. The van der Waals surface area contributed by atoms with Gasteiger partial charge in [0.15, 0.2) is 0 Å². The minimum atomic E-state index is -0.185.